The van der Waals surface area contributed by atoms with Gasteiger partial charge < -0.3 is 10.0 Å². The molecule has 0 spiro atoms. The van der Waals surface area contributed by atoms with Gasteiger partial charge in [-0.1, -0.05) is 25.1 Å². The van der Waals surface area contributed by atoms with E-state index in [4.69, 9.17) is 15.1 Å². The summed E-state index contributed by atoms with van der Waals surface area (Å²) in [6, 6.07) is 13.8. The molecule has 2 aromatic heterocycles. The lowest BCUT2D eigenvalue weighted by molar-refractivity contribution is 0.246. The van der Waals surface area contributed by atoms with E-state index in [0.717, 1.165) is 85.2 Å². The van der Waals surface area contributed by atoms with Crippen molar-refractivity contribution in [1.29, 1.82) is 0 Å². The molecule has 3 heterocycles. The van der Waals surface area contributed by atoms with Crippen LogP contribution in [-0.2, 0) is 13.0 Å². The SMILES string of the molecule is CCCc1nc(N2CCN(Cc3ccccc3O)CC2)c2c(C)nn(-c3ccc(F)cc3)c2n1. The number of phenols is 1. The Labute approximate surface area is 198 Å². The van der Waals surface area contributed by atoms with E-state index in [2.05, 4.69) is 16.7 Å². The predicted octanol–water partition coefficient (Wildman–Crippen LogP) is 4.24. The van der Waals surface area contributed by atoms with E-state index in [1.807, 2.05) is 25.1 Å². The van der Waals surface area contributed by atoms with Crippen LogP contribution in [0, 0.1) is 12.7 Å². The largest absolute Gasteiger partial charge is 0.508 e. The maximum Gasteiger partial charge on any atom is 0.168 e. The average molecular weight is 461 g/mol. The minimum atomic E-state index is -0.277. The Bertz CT molecular complexity index is 1290. The fraction of sp³-hybridized carbons (Fsp3) is 0.346. The average Bonchev–Trinajstić information content (AvgIpc) is 3.17. The van der Waals surface area contributed by atoms with Crippen LogP contribution in [0.2, 0.25) is 0 Å². The molecule has 4 aromatic rings. The lowest BCUT2D eigenvalue weighted by Crippen LogP contribution is -2.46. The molecule has 0 radical (unpaired) electrons. The number of piperazine rings is 1. The topological polar surface area (TPSA) is 70.3 Å². The van der Waals surface area contributed by atoms with Crippen molar-refractivity contribution >= 4 is 16.9 Å². The summed E-state index contributed by atoms with van der Waals surface area (Å²) >= 11 is 0. The summed E-state index contributed by atoms with van der Waals surface area (Å²) < 4.78 is 15.3. The zero-order valence-corrected chi connectivity index (χ0v) is 19.6. The molecule has 176 valence electrons. The number of halogens is 1. The third kappa shape index (κ3) is 4.33. The molecular weight excluding hydrogens is 431 g/mol. The Kier molecular flexibility index (Phi) is 6.15. The van der Waals surface area contributed by atoms with Gasteiger partial charge in [-0.2, -0.15) is 5.10 Å². The van der Waals surface area contributed by atoms with Gasteiger partial charge in [-0.25, -0.2) is 19.0 Å². The summed E-state index contributed by atoms with van der Waals surface area (Å²) in [5.41, 5.74) is 3.34. The summed E-state index contributed by atoms with van der Waals surface area (Å²) in [5, 5.41) is 15.8. The number of aromatic hydroxyl groups is 1. The number of aromatic nitrogens is 4. The van der Waals surface area contributed by atoms with Gasteiger partial charge in [-0.05, 0) is 43.7 Å². The highest BCUT2D eigenvalue weighted by Crippen LogP contribution is 2.30. The van der Waals surface area contributed by atoms with Crippen molar-refractivity contribution in [3.05, 3.63) is 71.4 Å². The third-order valence-corrected chi connectivity index (χ3v) is 6.33. The van der Waals surface area contributed by atoms with E-state index in [1.165, 1.54) is 12.1 Å². The normalized spacial score (nSPS) is 14.7. The van der Waals surface area contributed by atoms with Crippen molar-refractivity contribution in [3.8, 4) is 11.4 Å². The molecule has 1 fully saturated rings. The number of phenolic OH excluding ortho intramolecular Hbond substituents is 1. The smallest absolute Gasteiger partial charge is 0.168 e. The van der Waals surface area contributed by atoms with E-state index in [-0.39, 0.29) is 5.82 Å². The highest BCUT2D eigenvalue weighted by molar-refractivity contribution is 5.91. The molecule has 34 heavy (non-hydrogen) atoms. The quantitative estimate of drug-likeness (QED) is 0.464. The molecule has 1 aliphatic rings. The summed E-state index contributed by atoms with van der Waals surface area (Å²) in [6.07, 6.45) is 1.73. The molecule has 5 rings (SSSR count). The molecule has 1 aliphatic heterocycles. The first-order valence-electron chi connectivity index (χ1n) is 11.8. The zero-order chi connectivity index (χ0) is 23.7. The molecule has 0 unspecified atom stereocenters. The summed E-state index contributed by atoms with van der Waals surface area (Å²) in [4.78, 5) is 14.5. The molecule has 0 bridgehead atoms. The molecule has 1 saturated heterocycles. The van der Waals surface area contributed by atoms with Crippen LogP contribution in [0.25, 0.3) is 16.7 Å². The highest BCUT2D eigenvalue weighted by Gasteiger charge is 2.25. The standard InChI is InChI=1S/C26H29FN6O/c1-3-6-23-28-25(32-15-13-31(14-16-32)17-19-7-4-5-8-22(19)34)24-18(2)30-33(26(24)29-23)21-11-9-20(27)10-12-21/h4-5,7-12,34H,3,6,13-17H2,1-2H3. The van der Waals surface area contributed by atoms with E-state index >= 15 is 0 Å². The number of aryl methyl sites for hydroxylation is 2. The number of anilines is 1. The molecule has 0 saturated carbocycles. The van der Waals surface area contributed by atoms with Gasteiger partial charge in [0.25, 0.3) is 0 Å². The molecule has 8 heteroatoms. The van der Waals surface area contributed by atoms with Crippen LogP contribution >= 0.6 is 0 Å². The zero-order valence-electron chi connectivity index (χ0n) is 19.6. The van der Waals surface area contributed by atoms with Crippen molar-refractivity contribution in [2.75, 3.05) is 31.1 Å². The molecule has 0 amide bonds. The molecule has 0 aliphatic carbocycles. The third-order valence-electron chi connectivity index (χ3n) is 6.33. The molecule has 1 N–H and O–H groups in total. The van der Waals surface area contributed by atoms with E-state index in [1.54, 1.807) is 22.9 Å². The van der Waals surface area contributed by atoms with Crippen LogP contribution in [0.3, 0.4) is 0 Å². The molecule has 0 atom stereocenters. The Morgan fingerprint density at radius 3 is 2.41 bits per heavy atom. The predicted molar refractivity (Wildman–Crippen MR) is 131 cm³/mol. The number of para-hydroxylation sites is 1. The lowest BCUT2D eigenvalue weighted by atomic mass is 10.1. The fourth-order valence-electron chi connectivity index (χ4n) is 4.54. The van der Waals surface area contributed by atoms with Gasteiger partial charge in [-0.15, -0.1) is 0 Å². The van der Waals surface area contributed by atoms with Gasteiger partial charge in [0.05, 0.1) is 16.8 Å². The second-order valence-electron chi connectivity index (χ2n) is 8.78. The van der Waals surface area contributed by atoms with Gasteiger partial charge in [0.1, 0.15) is 23.2 Å². The minimum Gasteiger partial charge on any atom is -0.508 e. The van der Waals surface area contributed by atoms with Gasteiger partial charge in [0.2, 0.25) is 0 Å². The van der Waals surface area contributed by atoms with E-state index in [0.29, 0.717) is 5.75 Å². The summed E-state index contributed by atoms with van der Waals surface area (Å²) in [7, 11) is 0. The van der Waals surface area contributed by atoms with Gasteiger partial charge >= 0.3 is 0 Å². The van der Waals surface area contributed by atoms with Crippen LogP contribution < -0.4 is 4.90 Å². The second kappa shape index (κ2) is 9.38. The Hall–Kier alpha value is -3.52. The fourth-order valence-corrected chi connectivity index (χ4v) is 4.54. The Balaban J connectivity index is 1.46. The number of hydrogen-bond donors (Lipinski definition) is 1. The second-order valence-corrected chi connectivity index (χ2v) is 8.78. The van der Waals surface area contributed by atoms with Crippen LogP contribution in [0.1, 0.15) is 30.4 Å². The van der Waals surface area contributed by atoms with Crippen molar-refractivity contribution in [3.63, 3.8) is 0 Å². The summed E-state index contributed by atoms with van der Waals surface area (Å²) in [5.74, 6) is 1.78. The lowest BCUT2D eigenvalue weighted by Gasteiger charge is -2.35. The van der Waals surface area contributed by atoms with E-state index in [9.17, 15) is 9.50 Å². The van der Waals surface area contributed by atoms with E-state index < -0.39 is 0 Å². The number of benzene rings is 2. The monoisotopic (exact) mass is 460 g/mol. The van der Waals surface area contributed by atoms with Crippen LogP contribution in [0.4, 0.5) is 10.2 Å². The van der Waals surface area contributed by atoms with Gasteiger partial charge in [-0.3, -0.25) is 4.90 Å². The van der Waals surface area contributed by atoms with Crippen molar-refractivity contribution in [2.45, 2.75) is 33.2 Å². The first kappa shape index (κ1) is 22.3. The Morgan fingerprint density at radius 1 is 0.971 bits per heavy atom. The maximum atomic E-state index is 13.5. The van der Waals surface area contributed by atoms with Crippen molar-refractivity contribution in [2.24, 2.45) is 0 Å². The van der Waals surface area contributed by atoms with Gasteiger partial charge in [0, 0.05) is 44.7 Å². The van der Waals surface area contributed by atoms with Crippen molar-refractivity contribution < 1.29 is 9.50 Å². The number of hydrogen-bond acceptors (Lipinski definition) is 6. The first-order chi connectivity index (χ1) is 16.5. The number of rotatable bonds is 6. The number of fused-ring (bicyclic) bond motifs is 1. The Morgan fingerprint density at radius 2 is 1.71 bits per heavy atom. The highest BCUT2D eigenvalue weighted by atomic mass is 19.1. The molecule has 7 nitrogen and oxygen atoms in total. The molecular formula is C26H29FN6O. The van der Waals surface area contributed by atoms with Crippen LogP contribution in [-0.4, -0.2) is 55.9 Å². The summed E-state index contributed by atoms with van der Waals surface area (Å²) in [6.45, 7) is 8.21. The van der Waals surface area contributed by atoms with Crippen LogP contribution in [0.15, 0.2) is 48.5 Å². The minimum absolute atomic E-state index is 0.277. The number of nitrogens with zero attached hydrogens (tertiary/aromatic N) is 6. The first-order valence-corrected chi connectivity index (χ1v) is 11.8. The van der Waals surface area contributed by atoms with Crippen LogP contribution in [0.5, 0.6) is 5.75 Å². The van der Waals surface area contributed by atoms with Gasteiger partial charge in [0.15, 0.2) is 5.65 Å². The molecule has 2 aromatic carbocycles. The maximum absolute atomic E-state index is 13.5. The van der Waals surface area contributed by atoms with Crippen molar-refractivity contribution in [1.82, 2.24) is 24.6 Å².